The van der Waals surface area contributed by atoms with Gasteiger partial charge >= 0.3 is 0 Å². The van der Waals surface area contributed by atoms with Crippen molar-refractivity contribution in [2.24, 2.45) is 0 Å². The van der Waals surface area contributed by atoms with Crippen LogP contribution in [0.15, 0.2) is 97.1 Å². The van der Waals surface area contributed by atoms with E-state index < -0.39 is 0 Å². The van der Waals surface area contributed by atoms with E-state index in [1.165, 1.54) is 25.7 Å². The lowest BCUT2D eigenvalue weighted by Gasteiger charge is -2.08. The number of benzene rings is 4. The van der Waals surface area contributed by atoms with Gasteiger partial charge < -0.3 is 0 Å². The van der Waals surface area contributed by atoms with Crippen molar-refractivity contribution in [1.29, 1.82) is 0 Å². The molecule has 4 aromatic carbocycles. The molecule has 0 saturated heterocycles. The Labute approximate surface area is 190 Å². The monoisotopic (exact) mass is 429 g/mol. The maximum atomic E-state index is 4.87. The lowest BCUT2D eigenvalue weighted by atomic mass is 10.1. The number of fused-ring (bicyclic) bond motifs is 3. The summed E-state index contributed by atoms with van der Waals surface area (Å²) in [6.45, 7) is 2.17. The SMILES string of the molecule is Cc1cccc2sc3ccc(-c4nc(-c5ccccc5)nc(-c5ccccc5)n4)cc3c12. The number of hydrogen-bond acceptors (Lipinski definition) is 4. The molecule has 0 amide bonds. The van der Waals surface area contributed by atoms with Crippen LogP contribution in [0, 0.1) is 6.92 Å². The van der Waals surface area contributed by atoms with Crippen molar-refractivity contribution in [2.45, 2.75) is 6.92 Å². The topological polar surface area (TPSA) is 38.7 Å². The van der Waals surface area contributed by atoms with Crippen molar-refractivity contribution in [3.8, 4) is 34.2 Å². The van der Waals surface area contributed by atoms with Gasteiger partial charge in [-0.25, -0.2) is 15.0 Å². The first-order valence-electron chi connectivity index (χ1n) is 10.6. The van der Waals surface area contributed by atoms with Crippen LogP contribution in [0.1, 0.15) is 5.56 Å². The molecule has 0 spiro atoms. The second-order valence-corrected chi connectivity index (χ2v) is 8.88. The van der Waals surface area contributed by atoms with Gasteiger partial charge in [-0.3, -0.25) is 0 Å². The second-order valence-electron chi connectivity index (χ2n) is 7.80. The van der Waals surface area contributed by atoms with Gasteiger partial charge in [0.15, 0.2) is 17.5 Å². The van der Waals surface area contributed by atoms with E-state index >= 15 is 0 Å². The van der Waals surface area contributed by atoms with Gasteiger partial charge in [0.2, 0.25) is 0 Å². The molecule has 0 unspecified atom stereocenters. The van der Waals surface area contributed by atoms with E-state index in [4.69, 9.17) is 15.0 Å². The number of aryl methyl sites for hydroxylation is 1. The summed E-state index contributed by atoms with van der Waals surface area (Å²) in [6, 6.07) is 33.2. The number of nitrogens with zero attached hydrogens (tertiary/aromatic N) is 3. The molecule has 0 atom stereocenters. The predicted molar refractivity (Wildman–Crippen MR) is 134 cm³/mol. The Bertz CT molecular complexity index is 1510. The third-order valence-corrected chi connectivity index (χ3v) is 6.80. The summed E-state index contributed by atoms with van der Waals surface area (Å²) >= 11 is 1.83. The van der Waals surface area contributed by atoms with Gasteiger partial charge in [-0.05, 0) is 36.8 Å². The van der Waals surface area contributed by atoms with Crippen LogP contribution < -0.4 is 0 Å². The first-order valence-corrected chi connectivity index (χ1v) is 11.4. The smallest absolute Gasteiger partial charge is 0.164 e. The Balaban J connectivity index is 1.59. The molecule has 32 heavy (non-hydrogen) atoms. The van der Waals surface area contributed by atoms with Crippen LogP contribution in [0.4, 0.5) is 0 Å². The van der Waals surface area contributed by atoms with Crippen LogP contribution in [0.3, 0.4) is 0 Å². The molecule has 6 rings (SSSR count). The normalized spacial score (nSPS) is 11.3. The van der Waals surface area contributed by atoms with Gasteiger partial charge in [-0.2, -0.15) is 0 Å². The Morgan fingerprint density at radius 1 is 0.531 bits per heavy atom. The quantitative estimate of drug-likeness (QED) is 0.291. The van der Waals surface area contributed by atoms with Crippen molar-refractivity contribution < 1.29 is 0 Å². The highest BCUT2D eigenvalue weighted by molar-refractivity contribution is 7.25. The van der Waals surface area contributed by atoms with Crippen molar-refractivity contribution >= 4 is 31.5 Å². The molecule has 0 bridgehead atoms. The highest BCUT2D eigenvalue weighted by Gasteiger charge is 2.14. The minimum Gasteiger partial charge on any atom is -0.208 e. The zero-order chi connectivity index (χ0) is 21.5. The van der Waals surface area contributed by atoms with E-state index in [0.29, 0.717) is 17.5 Å². The zero-order valence-corrected chi connectivity index (χ0v) is 18.3. The summed E-state index contributed by atoms with van der Waals surface area (Å²) < 4.78 is 2.58. The van der Waals surface area contributed by atoms with Crippen LogP contribution in [-0.4, -0.2) is 15.0 Å². The molecule has 6 aromatic rings. The molecule has 0 aliphatic rings. The Hall–Kier alpha value is -3.89. The zero-order valence-electron chi connectivity index (χ0n) is 17.5. The Morgan fingerprint density at radius 3 is 1.75 bits per heavy atom. The van der Waals surface area contributed by atoms with E-state index in [0.717, 1.165) is 16.7 Å². The average Bonchev–Trinajstić information content (AvgIpc) is 3.24. The number of rotatable bonds is 3. The van der Waals surface area contributed by atoms with Gasteiger partial charge in [-0.1, -0.05) is 72.8 Å². The minimum absolute atomic E-state index is 0.681. The summed E-state index contributed by atoms with van der Waals surface area (Å²) in [5.74, 6) is 2.05. The molecule has 0 fully saturated rings. The van der Waals surface area contributed by atoms with E-state index in [2.05, 4.69) is 43.3 Å². The first-order chi connectivity index (χ1) is 15.8. The molecule has 0 radical (unpaired) electrons. The molecule has 152 valence electrons. The Kier molecular flexibility index (Phi) is 4.51. The first kappa shape index (κ1) is 18.8. The molecule has 0 saturated carbocycles. The lowest BCUT2D eigenvalue weighted by molar-refractivity contribution is 1.07. The third-order valence-electron chi connectivity index (χ3n) is 5.66. The fraction of sp³-hybridized carbons (Fsp3) is 0.0357. The van der Waals surface area contributed by atoms with Crippen LogP contribution in [0.25, 0.3) is 54.3 Å². The molecular weight excluding hydrogens is 410 g/mol. The van der Waals surface area contributed by atoms with Crippen molar-refractivity contribution in [2.75, 3.05) is 0 Å². The van der Waals surface area contributed by atoms with Crippen molar-refractivity contribution in [3.63, 3.8) is 0 Å². The summed E-state index contributed by atoms with van der Waals surface area (Å²) in [5.41, 5.74) is 4.24. The van der Waals surface area contributed by atoms with Gasteiger partial charge in [0.25, 0.3) is 0 Å². The molecule has 0 N–H and O–H groups in total. The minimum atomic E-state index is 0.681. The number of thiophene rings is 1. The average molecular weight is 430 g/mol. The van der Waals surface area contributed by atoms with Gasteiger partial charge in [0.05, 0.1) is 0 Å². The summed E-state index contributed by atoms with van der Waals surface area (Å²) in [7, 11) is 0. The largest absolute Gasteiger partial charge is 0.208 e. The third kappa shape index (κ3) is 3.26. The van der Waals surface area contributed by atoms with Gasteiger partial charge in [-0.15, -0.1) is 11.3 Å². The molecule has 2 aromatic heterocycles. The molecule has 0 aliphatic heterocycles. The number of aromatic nitrogens is 3. The summed E-state index contributed by atoms with van der Waals surface area (Å²) in [4.78, 5) is 14.5. The molecular formula is C28H19N3S. The van der Waals surface area contributed by atoms with E-state index in [9.17, 15) is 0 Å². The highest BCUT2D eigenvalue weighted by atomic mass is 32.1. The standard InChI is InChI=1S/C28H19N3S/c1-18-9-8-14-24-25(18)22-17-21(15-16-23(22)32-24)28-30-26(19-10-4-2-5-11-19)29-27(31-28)20-12-6-3-7-13-20/h2-17H,1H3. The predicted octanol–water partition coefficient (Wildman–Crippen LogP) is 7.55. The molecule has 0 aliphatic carbocycles. The maximum absolute atomic E-state index is 4.87. The number of hydrogen-bond donors (Lipinski definition) is 0. The van der Waals surface area contributed by atoms with Crippen molar-refractivity contribution in [3.05, 3.63) is 103 Å². The summed E-state index contributed by atoms with van der Waals surface area (Å²) in [6.07, 6.45) is 0. The van der Waals surface area contributed by atoms with E-state index in [1.54, 1.807) is 0 Å². The highest BCUT2D eigenvalue weighted by Crippen LogP contribution is 2.37. The van der Waals surface area contributed by atoms with Crippen LogP contribution >= 0.6 is 11.3 Å². The second kappa shape index (κ2) is 7.66. The van der Waals surface area contributed by atoms with Gasteiger partial charge in [0.1, 0.15) is 0 Å². The molecule has 2 heterocycles. The maximum Gasteiger partial charge on any atom is 0.164 e. The van der Waals surface area contributed by atoms with Crippen molar-refractivity contribution in [1.82, 2.24) is 15.0 Å². The van der Waals surface area contributed by atoms with Crippen LogP contribution in [-0.2, 0) is 0 Å². The summed E-state index contributed by atoms with van der Waals surface area (Å²) in [5, 5.41) is 2.57. The molecule has 4 heteroatoms. The van der Waals surface area contributed by atoms with E-state index in [-0.39, 0.29) is 0 Å². The van der Waals surface area contributed by atoms with E-state index in [1.807, 2.05) is 72.0 Å². The molecule has 3 nitrogen and oxygen atoms in total. The fourth-order valence-corrected chi connectivity index (χ4v) is 5.24. The fourth-order valence-electron chi connectivity index (χ4n) is 4.08. The van der Waals surface area contributed by atoms with Crippen LogP contribution in [0.2, 0.25) is 0 Å². The lowest BCUT2D eigenvalue weighted by Crippen LogP contribution is -2.00. The Morgan fingerprint density at radius 2 is 1.12 bits per heavy atom. The van der Waals surface area contributed by atoms with Crippen LogP contribution in [0.5, 0.6) is 0 Å². The van der Waals surface area contributed by atoms with Gasteiger partial charge in [0, 0.05) is 36.9 Å².